The maximum Gasteiger partial charge on any atom is 1.00 e. The van der Waals surface area contributed by atoms with Crippen molar-refractivity contribution in [2.45, 2.75) is 47.0 Å². The number of sulfone groups is 1. The fourth-order valence-electron chi connectivity index (χ4n) is 2.99. The predicted octanol–water partition coefficient (Wildman–Crippen LogP) is 1.93. The average Bonchev–Trinajstić information content (AvgIpc) is 2.64. The van der Waals surface area contributed by atoms with Gasteiger partial charge < -0.3 is 15.8 Å². The third kappa shape index (κ3) is 13.6. The van der Waals surface area contributed by atoms with Crippen molar-refractivity contribution in [2.75, 3.05) is 25.2 Å². The Bertz CT molecular complexity index is 813. The third-order valence-electron chi connectivity index (χ3n) is 4.74. The molecule has 1 aliphatic heterocycles. The van der Waals surface area contributed by atoms with Crippen LogP contribution in [0.2, 0.25) is 0 Å². The van der Waals surface area contributed by atoms with Gasteiger partial charge in [0.15, 0.2) is 0 Å². The molecule has 0 unspecified atom stereocenters. The monoisotopic (exact) mass is 497 g/mol. The van der Waals surface area contributed by atoms with E-state index >= 15 is 0 Å². The van der Waals surface area contributed by atoms with E-state index in [1.807, 2.05) is 6.92 Å². The predicted molar refractivity (Wildman–Crippen MR) is 120 cm³/mol. The van der Waals surface area contributed by atoms with Crippen molar-refractivity contribution in [3.8, 4) is 0 Å². The van der Waals surface area contributed by atoms with E-state index in [4.69, 9.17) is 16.3 Å². The van der Waals surface area contributed by atoms with Crippen molar-refractivity contribution >= 4 is 27.7 Å². The molecule has 170 valence electrons. The SMILES string of the molecule is CC1(CS(C)(=O)=O)COC1.CCC[C@@H]([C-]=C(Cl)N=[C-]c1ccc(F)cn1)[C@@H](C)CC.[K+]. The van der Waals surface area contributed by atoms with Crippen molar-refractivity contribution in [2.24, 2.45) is 22.2 Å². The van der Waals surface area contributed by atoms with Crippen LogP contribution >= 0.6 is 11.6 Å². The van der Waals surface area contributed by atoms with E-state index < -0.39 is 9.84 Å². The number of rotatable bonds is 9. The van der Waals surface area contributed by atoms with E-state index in [0.29, 0.717) is 30.7 Å². The average molecular weight is 498 g/mol. The van der Waals surface area contributed by atoms with E-state index in [1.165, 1.54) is 18.4 Å². The Morgan fingerprint density at radius 1 is 1.39 bits per heavy atom. The Labute approximate surface area is 234 Å². The van der Waals surface area contributed by atoms with Gasteiger partial charge in [0.2, 0.25) is 0 Å². The van der Waals surface area contributed by atoms with E-state index in [0.717, 1.165) is 25.5 Å². The summed E-state index contributed by atoms with van der Waals surface area (Å²) >= 11 is 6.07. The van der Waals surface area contributed by atoms with Crippen LogP contribution in [0, 0.1) is 29.1 Å². The number of halogens is 2. The van der Waals surface area contributed by atoms with Gasteiger partial charge in [-0.15, -0.1) is 6.07 Å². The normalized spacial score (nSPS) is 17.7. The Morgan fingerprint density at radius 3 is 2.42 bits per heavy atom. The molecule has 0 aromatic carbocycles. The van der Waals surface area contributed by atoms with Gasteiger partial charge in [-0.2, -0.15) is 22.7 Å². The molecule has 1 aromatic rings. The number of hydrogen-bond donors (Lipinski definition) is 0. The smallest absolute Gasteiger partial charge is 0.526 e. The maximum absolute atomic E-state index is 12.7. The molecule has 0 saturated carbocycles. The van der Waals surface area contributed by atoms with E-state index in [2.05, 4.69) is 43.0 Å². The van der Waals surface area contributed by atoms with Crippen LogP contribution < -0.4 is 51.4 Å². The molecule has 0 bridgehead atoms. The zero-order valence-corrected chi connectivity index (χ0v) is 24.1. The fourth-order valence-corrected chi connectivity index (χ4v) is 4.61. The number of aromatic nitrogens is 1. The number of nitrogens with zero attached hydrogens (tertiary/aromatic N) is 2. The summed E-state index contributed by atoms with van der Waals surface area (Å²) in [5.74, 6) is 0.676. The van der Waals surface area contributed by atoms with Gasteiger partial charge in [0, 0.05) is 11.7 Å². The summed E-state index contributed by atoms with van der Waals surface area (Å²) in [5, 5.41) is 0.287. The number of pyridine rings is 1. The second-order valence-electron chi connectivity index (χ2n) is 8.17. The minimum absolute atomic E-state index is 0. The summed E-state index contributed by atoms with van der Waals surface area (Å²) in [6.07, 6.45) is 11.5. The van der Waals surface area contributed by atoms with E-state index in [1.54, 1.807) is 0 Å². The van der Waals surface area contributed by atoms with Crippen molar-refractivity contribution in [3.05, 3.63) is 41.1 Å². The van der Waals surface area contributed by atoms with Crippen LogP contribution in [0.1, 0.15) is 52.7 Å². The molecule has 31 heavy (non-hydrogen) atoms. The van der Waals surface area contributed by atoms with Gasteiger partial charge in [0.1, 0.15) is 15.7 Å². The molecule has 5 nitrogen and oxygen atoms in total. The van der Waals surface area contributed by atoms with Gasteiger partial charge in [0.25, 0.3) is 0 Å². The molecular formula is C22H32ClFKN2O3S-. The third-order valence-corrected chi connectivity index (χ3v) is 6.16. The zero-order chi connectivity index (χ0) is 22.8. The maximum atomic E-state index is 12.7. The van der Waals surface area contributed by atoms with Crippen LogP contribution in [0.25, 0.3) is 0 Å². The first-order valence-electron chi connectivity index (χ1n) is 10.1. The zero-order valence-electron chi connectivity index (χ0n) is 19.4. The van der Waals surface area contributed by atoms with Gasteiger partial charge in [-0.05, 0) is 5.69 Å². The minimum atomic E-state index is -2.82. The van der Waals surface area contributed by atoms with Crippen molar-refractivity contribution < 1.29 is 68.9 Å². The van der Waals surface area contributed by atoms with Crippen LogP contribution in [0.3, 0.4) is 0 Å². The first-order chi connectivity index (χ1) is 14.0. The summed E-state index contributed by atoms with van der Waals surface area (Å²) in [6, 6.07) is 2.81. The Hall–Kier alpha value is 0.326. The second kappa shape index (κ2) is 15.3. The van der Waals surface area contributed by atoms with Gasteiger partial charge in [0.05, 0.1) is 25.2 Å². The quantitative estimate of drug-likeness (QED) is 0.226. The summed E-state index contributed by atoms with van der Waals surface area (Å²) in [7, 11) is -2.82. The Kier molecular flexibility index (Phi) is 15.4. The second-order valence-corrected chi connectivity index (χ2v) is 10.7. The standard InChI is InChI=1S/C16H20ClFN2.C6H12O3S.K/c1-4-6-13(12(3)5-2)9-16(17)20-11-15-8-7-14(18)10-19-15;1-6(3-9-4-6)5-10(2,7)8;/h7-8,10,12-13H,4-6H2,1-3H3;3-5H2,1-2H3;/q-2;;+1/t12-,13-;;/m0../s1. The van der Waals surface area contributed by atoms with Crippen molar-refractivity contribution in [3.63, 3.8) is 0 Å². The van der Waals surface area contributed by atoms with Gasteiger partial charge in [-0.25, -0.2) is 12.8 Å². The van der Waals surface area contributed by atoms with Gasteiger partial charge >= 0.3 is 51.4 Å². The molecule has 1 aliphatic rings. The van der Waals surface area contributed by atoms with Crippen molar-refractivity contribution in [1.29, 1.82) is 0 Å². The molecule has 2 atom stereocenters. The first kappa shape index (κ1) is 31.3. The van der Waals surface area contributed by atoms with Gasteiger partial charge in [-0.3, -0.25) is 4.98 Å². The molecule has 0 N–H and O–H groups in total. The van der Waals surface area contributed by atoms with E-state index in [9.17, 15) is 12.8 Å². The number of allylic oxidation sites excluding steroid dienone is 1. The topological polar surface area (TPSA) is 68.6 Å². The molecule has 1 saturated heterocycles. The molecular weight excluding hydrogens is 466 g/mol. The Balaban J connectivity index is 0.000000688. The molecule has 2 rings (SSSR count). The largest absolute Gasteiger partial charge is 1.00 e. The number of ether oxygens (including phenoxy) is 1. The van der Waals surface area contributed by atoms with Crippen LogP contribution in [0.4, 0.5) is 4.39 Å². The van der Waals surface area contributed by atoms with Crippen LogP contribution in [0.5, 0.6) is 0 Å². The first-order valence-corrected chi connectivity index (χ1v) is 12.5. The number of hydrogen-bond acceptors (Lipinski definition) is 5. The fraction of sp³-hybridized carbons (Fsp3) is 0.636. The molecule has 1 fully saturated rings. The van der Waals surface area contributed by atoms with Crippen molar-refractivity contribution in [1.82, 2.24) is 4.98 Å². The summed E-state index contributed by atoms with van der Waals surface area (Å²) < 4.78 is 39.2. The molecule has 1 aromatic heterocycles. The molecule has 0 radical (unpaired) electrons. The van der Waals surface area contributed by atoms with Crippen LogP contribution in [0.15, 0.2) is 28.5 Å². The summed E-state index contributed by atoms with van der Waals surface area (Å²) in [6.45, 7) is 9.58. The van der Waals surface area contributed by atoms with Gasteiger partial charge in [-0.1, -0.05) is 65.2 Å². The van der Waals surface area contributed by atoms with E-state index in [-0.39, 0.29) is 73.5 Å². The summed E-state index contributed by atoms with van der Waals surface area (Å²) in [5.41, 5.74) is 0.343. The summed E-state index contributed by atoms with van der Waals surface area (Å²) in [4.78, 5) is 7.84. The minimum Gasteiger partial charge on any atom is -0.526 e. The molecule has 0 spiro atoms. The Morgan fingerprint density at radius 2 is 2.03 bits per heavy atom. The molecule has 0 aliphatic carbocycles. The van der Waals surface area contributed by atoms with Crippen LogP contribution in [-0.2, 0) is 14.6 Å². The molecule has 9 heteroatoms. The van der Waals surface area contributed by atoms with Crippen LogP contribution in [-0.4, -0.2) is 44.8 Å². The molecule has 0 amide bonds. The number of aliphatic imine (C=N–C) groups is 1. The molecule has 2 heterocycles.